The van der Waals surface area contributed by atoms with Crippen LogP contribution in [0.4, 0.5) is 0 Å². The summed E-state index contributed by atoms with van der Waals surface area (Å²) in [5.74, 6) is 0.479. The van der Waals surface area contributed by atoms with Gasteiger partial charge in [0.15, 0.2) is 0 Å². The number of carboxylic acids is 1. The Kier molecular flexibility index (Phi) is 15.9. The van der Waals surface area contributed by atoms with Crippen LogP contribution in [0.1, 0.15) is 62.1 Å². The number of nitrogens with one attached hydrogen (secondary N) is 1. The summed E-state index contributed by atoms with van der Waals surface area (Å²) in [4.78, 5) is 19.5. The van der Waals surface area contributed by atoms with Gasteiger partial charge in [0.1, 0.15) is 61.6 Å². The zero-order valence-electron chi connectivity index (χ0n) is 34.4. The number of carboxylic acid groups (broad SMARTS) is 1. The third kappa shape index (κ3) is 12.0. The zero-order chi connectivity index (χ0) is 44.9. The number of aliphatic hydroxyl groups excluding tert-OH is 2. The number of aliphatic hydroxyl groups is 2. The molecule has 0 unspecified atom stereocenters. The number of aromatic nitrogens is 2. The van der Waals surface area contributed by atoms with Gasteiger partial charge in [-0.2, -0.15) is 10.5 Å². The molecule has 4 N–H and O–H groups in total. The lowest BCUT2D eigenvalue weighted by molar-refractivity contribution is -0.137. The number of hydrogen-bond acceptors (Lipinski definition) is 12. The van der Waals surface area contributed by atoms with Crippen molar-refractivity contribution in [2.45, 2.75) is 65.9 Å². The fraction of sp³-hybridized carbons (Fsp3) is 0.229. The van der Waals surface area contributed by atoms with Crippen LogP contribution in [-0.2, 0) is 44.4 Å². The number of pyridine rings is 2. The monoisotopic (exact) mass is 887 g/mol. The lowest BCUT2D eigenvalue weighted by Gasteiger charge is -2.19. The Morgan fingerprint density at radius 2 is 1.14 bits per heavy atom. The van der Waals surface area contributed by atoms with Gasteiger partial charge in [-0.15, -0.1) is 0 Å². The predicted molar refractivity (Wildman–Crippen MR) is 235 cm³/mol. The first-order valence-corrected chi connectivity index (χ1v) is 20.4. The summed E-state index contributed by atoms with van der Waals surface area (Å²) in [7, 11) is 0. The second-order valence-corrected chi connectivity index (χ2v) is 15.3. The van der Waals surface area contributed by atoms with Crippen LogP contribution in [0.25, 0.3) is 11.1 Å². The molecule has 0 aliphatic heterocycles. The molecule has 0 spiro atoms. The lowest BCUT2D eigenvalue weighted by atomic mass is 9.92. The average Bonchev–Trinajstić information content (AvgIpc) is 3.29. The van der Waals surface area contributed by atoms with Crippen LogP contribution in [-0.4, -0.2) is 43.9 Å². The molecule has 0 aliphatic carbocycles. The lowest BCUT2D eigenvalue weighted by Crippen LogP contribution is -2.34. The van der Waals surface area contributed by atoms with Crippen molar-refractivity contribution in [1.29, 1.82) is 10.5 Å². The second kappa shape index (κ2) is 21.9. The van der Waals surface area contributed by atoms with Crippen LogP contribution in [0.5, 0.6) is 23.0 Å². The van der Waals surface area contributed by atoms with Gasteiger partial charge in [0.25, 0.3) is 0 Å². The Morgan fingerprint density at radius 3 is 1.60 bits per heavy atom. The molecule has 0 amide bonds. The van der Waals surface area contributed by atoms with Crippen molar-refractivity contribution < 1.29 is 39.1 Å². The first-order chi connectivity index (χ1) is 30.5. The van der Waals surface area contributed by atoms with Gasteiger partial charge in [0, 0.05) is 71.8 Å². The number of benzene rings is 4. The summed E-state index contributed by atoms with van der Waals surface area (Å²) in [6.07, 6.45) is 5.85. The molecule has 63 heavy (non-hydrogen) atoms. The van der Waals surface area contributed by atoms with Crippen LogP contribution < -0.4 is 24.3 Å². The molecule has 6 aromatic rings. The third-order valence-corrected chi connectivity index (χ3v) is 10.8. The van der Waals surface area contributed by atoms with Gasteiger partial charge in [-0.3, -0.25) is 14.8 Å². The maximum absolute atomic E-state index is 11.3. The average molecular weight is 889 g/mol. The minimum Gasteiger partial charge on any atom is -0.488 e. The number of nitrogens with zero attached hydrogens (tertiary/aromatic N) is 4. The normalized spacial score (nSPS) is 11.3. The molecule has 0 fully saturated rings. The van der Waals surface area contributed by atoms with E-state index in [0.717, 1.165) is 33.4 Å². The Morgan fingerprint density at radius 1 is 0.667 bits per heavy atom. The van der Waals surface area contributed by atoms with E-state index in [-0.39, 0.29) is 52.6 Å². The first kappa shape index (κ1) is 45.8. The molecule has 0 aliphatic rings. The number of rotatable bonds is 20. The Labute approximate surface area is 374 Å². The summed E-state index contributed by atoms with van der Waals surface area (Å²) in [5, 5.41) is 51.2. The van der Waals surface area contributed by atoms with Crippen LogP contribution in [0.2, 0.25) is 10.0 Å². The quantitative estimate of drug-likeness (QED) is 0.0569. The Bertz CT molecular complexity index is 2680. The molecule has 0 saturated heterocycles. The molecule has 322 valence electrons. The maximum Gasteiger partial charge on any atom is 0.305 e. The summed E-state index contributed by atoms with van der Waals surface area (Å²) in [6.45, 7) is 4.08. The number of nitriles is 2. The van der Waals surface area contributed by atoms with E-state index in [4.69, 9.17) is 42.1 Å². The smallest absolute Gasteiger partial charge is 0.305 e. The fourth-order valence-electron chi connectivity index (χ4n) is 6.72. The van der Waals surface area contributed by atoms with E-state index in [9.17, 15) is 30.6 Å². The highest BCUT2D eigenvalue weighted by atomic mass is 35.5. The third-order valence-electron chi connectivity index (χ3n) is 10.2. The molecule has 0 saturated carbocycles. The van der Waals surface area contributed by atoms with Crippen molar-refractivity contribution in [3.8, 4) is 46.3 Å². The molecule has 13 nitrogen and oxygen atoms in total. The fourth-order valence-corrected chi connectivity index (χ4v) is 7.20. The van der Waals surface area contributed by atoms with Crippen molar-refractivity contribution in [3.05, 3.63) is 163 Å². The second-order valence-electron chi connectivity index (χ2n) is 14.5. The summed E-state index contributed by atoms with van der Waals surface area (Å²) in [5.41, 5.74) is 9.07. The molecule has 2 aromatic heterocycles. The highest BCUT2D eigenvalue weighted by Gasteiger charge is 2.18. The number of aliphatic carboxylic acids is 1. The van der Waals surface area contributed by atoms with Crippen LogP contribution in [0.3, 0.4) is 0 Å². The van der Waals surface area contributed by atoms with Crippen molar-refractivity contribution in [3.63, 3.8) is 0 Å². The first-order valence-electron chi connectivity index (χ1n) is 19.7. The molecule has 4 aromatic carbocycles. The largest absolute Gasteiger partial charge is 0.488 e. The van der Waals surface area contributed by atoms with Crippen molar-refractivity contribution in [2.75, 3.05) is 6.61 Å². The van der Waals surface area contributed by atoms with E-state index < -0.39 is 12.0 Å². The number of carbonyl (C=O) groups is 1. The number of ether oxygens (including phenoxy) is 4. The topological polar surface area (TPSA) is 200 Å². The van der Waals surface area contributed by atoms with Gasteiger partial charge in [-0.05, 0) is 71.5 Å². The minimum absolute atomic E-state index is 0.0801. The Balaban J connectivity index is 1.18. The molecular weight excluding hydrogens is 845 g/mol. The molecule has 0 bridgehead atoms. The van der Waals surface area contributed by atoms with Gasteiger partial charge >= 0.3 is 5.97 Å². The van der Waals surface area contributed by atoms with Gasteiger partial charge in [0.05, 0.1) is 40.8 Å². The number of halogens is 2. The van der Waals surface area contributed by atoms with E-state index in [1.807, 2.05) is 50.2 Å². The summed E-state index contributed by atoms with van der Waals surface area (Å²) < 4.78 is 24.8. The van der Waals surface area contributed by atoms with Crippen molar-refractivity contribution in [2.24, 2.45) is 0 Å². The SMILES string of the molecule is Cc1c(COc2cc(OCc3cncc(C#N)c3)c(CO)cc2Cl)cccc1-c1cccc(COc2cc(OCc3cncc(C#N)c3)c(CN[C@@H](CO)CC(=O)O)cc2Cl)c1C. The van der Waals surface area contributed by atoms with E-state index >= 15 is 0 Å². The van der Waals surface area contributed by atoms with E-state index in [1.165, 1.54) is 12.4 Å². The van der Waals surface area contributed by atoms with Crippen LogP contribution in [0, 0.1) is 36.5 Å². The molecule has 15 heteroatoms. The van der Waals surface area contributed by atoms with Gasteiger partial charge in [-0.1, -0.05) is 59.6 Å². The van der Waals surface area contributed by atoms with E-state index in [0.29, 0.717) is 66.4 Å². The minimum atomic E-state index is -1.05. The molecular formula is C48H43Cl2N5O8. The molecule has 2 heterocycles. The highest BCUT2D eigenvalue weighted by molar-refractivity contribution is 6.32. The van der Waals surface area contributed by atoms with Crippen LogP contribution in [0.15, 0.2) is 97.6 Å². The van der Waals surface area contributed by atoms with Gasteiger partial charge in [0.2, 0.25) is 0 Å². The number of hydrogen-bond donors (Lipinski definition) is 4. The molecule has 6 rings (SSSR count). The van der Waals surface area contributed by atoms with E-state index in [2.05, 4.69) is 27.4 Å². The Hall–Kier alpha value is -6.71. The van der Waals surface area contributed by atoms with Gasteiger partial charge < -0.3 is 39.6 Å². The zero-order valence-corrected chi connectivity index (χ0v) is 35.9. The highest BCUT2D eigenvalue weighted by Crippen LogP contribution is 2.37. The molecule has 1 atom stereocenters. The van der Waals surface area contributed by atoms with Crippen molar-refractivity contribution in [1.82, 2.24) is 15.3 Å². The van der Waals surface area contributed by atoms with Crippen molar-refractivity contribution >= 4 is 29.2 Å². The summed E-state index contributed by atoms with van der Waals surface area (Å²) >= 11 is 13.4. The summed E-state index contributed by atoms with van der Waals surface area (Å²) in [6, 6.07) is 25.4. The van der Waals surface area contributed by atoms with Gasteiger partial charge in [-0.25, -0.2) is 0 Å². The van der Waals surface area contributed by atoms with E-state index in [1.54, 1.807) is 48.8 Å². The standard InChI is InChI=1S/C48H43Cl2N5O8/c1-29-35(27-62-46-14-44(60-25-33-9-31(16-51)18-53-20-33)37(11-42(46)49)22-55-39(24-57)13-48(58)59)5-3-7-40(29)41-8-4-6-36(30(41)2)28-63-47-15-45(38(23-56)12-43(47)50)61-26-34-10-32(17-52)19-54-21-34/h3-12,14-15,18-21,39,55-57H,13,22-28H2,1-2H3,(H,58,59)/t39-/m1/s1. The van der Waals surface area contributed by atoms with Crippen LogP contribution >= 0.6 is 23.2 Å². The molecule has 0 radical (unpaired) electrons. The predicted octanol–water partition coefficient (Wildman–Crippen LogP) is 8.54. The maximum atomic E-state index is 11.3.